The Morgan fingerprint density at radius 3 is 2.40 bits per heavy atom. The van der Waals surface area contributed by atoms with E-state index in [1.54, 1.807) is 60.0 Å². The number of benzene rings is 2. The molecular formula is C21H25N3O4S2. The molecule has 3 rings (SSSR count). The number of para-hydroxylation sites is 1. The van der Waals surface area contributed by atoms with Crippen LogP contribution in [0.1, 0.15) is 33.2 Å². The second-order valence-corrected chi connectivity index (χ2v) is 10.2. The molecule has 0 aliphatic carbocycles. The molecule has 1 amide bonds. The molecule has 0 unspecified atom stereocenters. The zero-order valence-electron chi connectivity index (χ0n) is 17.3. The fourth-order valence-electron chi connectivity index (χ4n) is 3.46. The predicted molar refractivity (Wildman–Crippen MR) is 123 cm³/mol. The van der Waals surface area contributed by atoms with Crippen LogP contribution in [0.5, 0.6) is 0 Å². The van der Waals surface area contributed by atoms with Crippen LogP contribution < -0.4 is 14.5 Å². The van der Waals surface area contributed by atoms with Crippen molar-refractivity contribution < 1.29 is 13.2 Å². The van der Waals surface area contributed by atoms with Crippen LogP contribution in [0.4, 0.5) is 11.4 Å². The van der Waals surface area contributed by atoms with Crippen LogP contribution in [0, 0.1) is 0 Å². The van der Waals surface area contributed by atoms with Gasteiger partial charge >= 0.3 is 4.87 Å². The molecule has 1 atom stereocenters. The Balaban J connectivity index is 1.93. The standard InChI is InChI=1S/C21H25N3O4S2/c1-5-17(24(30(4,27)28)16-9-7-6-8-10-16)20(25)22-15-11-12-18-19(13-15)29-21(26)23(18)14(2)3/h6-14,17H,5H2,1-4H3,(H,22,25)/t17-/m1/s1. The van der Waals surface area contributed by atoms with Crippen molar-refractivity contribution in [3.05, 3.63) is 58.2 Å². The Morgan fingerprint density at radius 1 is 1.17 bits per heavy atom. The Kier molecular flexibility index (Phi) is 6.33. The smallest absolute Gasteiger partial charge is 0.308 e. The first-order valence-electron chi connectivity index (χ1n) is 9.64. The molecule has 7 nitrogen and oxygen atoms in total. The van der Waals surface area contributed by atoms with Crippen LogP contribution in [0.15, 0.2) is 53.3 Å². The molecular weight excluding hydrogens is 422 g/mol. The van der Waals surface area contributed by atoms with Crippen LogP contribution in [0.25, 0.3) is 10.2 Å². The maximum Gasteiger partial charge on any atom is 0.308 e. The largest absolute Gasteiger partial charge is 0.324 e. The fourth-order valence-corrected chi connectivity index (χ4v) is 5.73. The number of rotatable bonds is 7. The van der Waals surface area contributed by atoms with Crippen LogP contribution >= 0.6 is 11.3 Å². The summed E-state index contributed by atoms with van der Waals surface area (Å²) >= 11 is 1.12. The number of thiazole rings is 1. The predicted octanol–water partition coefficient (Wildman–Crippen LogP) is 3.83. The van der Waals surface area contributed by atoms with Gasteiger partial charge in [0, 0.05) is 11.7 Å². The van der Waals surface area contributed by atoms with Gasteiger partial charge in [0.05, 0.1) is 22.2 Å². The summed E-state index contributed by atoms with van der Waals surface area (Å²) in [7, 11) is -3.68. The number of carbonyl (C=O) groups excluding carboxylic acids is 1. The highest BCUT2D eigenvalue weighted by Crippen LogP contribution is 2.26. The zero-order chi connectivity index (χ0) is 22.1. The molecule has 2 aromatic carbocycles. The first-order chi connectivity index (χ1) is 14.1. The number of fused-ring (bicyclic) bond motifs is 1. The number of amides is 1. The van der Waals surface area contributed by atoms with Crippen LogP contribution in [0.3, 0.4) is 0 Å². The summed E-state index contributed by atoms with van der Waals surface area (Å²) in [6.07, 6.45) is 1.39. The molecule has 0 aliphatic rings. The van der Waals surface area contributed by atoms with Gasteiger partial charge in [-0.15, -0.1) is 0 Å². The van der Waals surface area contributed by atoms with Crippen molar-refractivity contribution in [3.63, 3.8) is 0 Å². The third-order valence-electron chi connectivity index (χ3n) is 4.74. The van der Waals surface area contributed by atoms with Crippen LogP contribution in [0.2, 0.25) is 0 Å². The first-order valence-corrected chi connectivity index (χ1v) is 12.3. The van der Waals surface area contributed by atoms with Gasteiger partial charge in [0.1, 0.15) is 6.04 Å². The molecule has 160 valence electrons. The van der Waals surface area contributed by atoms with Gasteiger partial charge in [-0.05, 0) is 50.6 Å². The highest BCUT2D eigenvalue weighted by molar-refractivity contribution is 7.92. The molecule has 1 heterocycles. The van der Waals surface area contributed by atoms with E-state index in [9.17, 15) is 18.0 Å². The van der Waals surface area contributed by atoms with Crippen molar-refractivity contribution in [2.24, 2.45) is 0 Å². The Hall–Kier alpha value is -2.65. The van der Waals surface area contributed by atoms with Crippen molar-refractivity contribution in [2.45, 2.75) is 39.3 Å². The molecule has 0 aliphatic heterocycles. The second-order valence-electron chi connectivity index (χ2n) is 7.32. The Morgan fingerprint density at radius 2 is 1.83 bits per heavy atom. The van der Waals surface area contributed by atoms with E-state index in [0.29, 0.717) is 17.8 Å². The number of anilines is 2. The van der Waals surface area contributed by atoms with Gasteiger partial charge in [0.15, 0.2) is 0 Å². The Bertz CT molecular complexity index is 1210. The summed E-state index contributed by atoms with van der Waals surface area (Å²) in [4.78, 5) is 25.2. The third-order valence-corrected chi connectivity index (χ3v) is 6.84. The lowest BCUT2D eigenvalue weighted by Gasteiger charge is -2.30. The van der Waals surface area contributed by atoms with Crippen molar-refractivity contribution in [3.8, 4) is 0 Å². The lowest BCUT2D eigenvalue weighted by Crippen LogP contribution is -2.46. The second kappa shape index (κ2) is 8.61. The van der Waals surface area contributed by atoms with E-state index in [0.717, 1.165) is 32.1 Å². The van der Waals surface area contributed by atoms with Gasteiger partial charge < -0.3 is 5.32 Å². The zero-order valence-corrected chi connectivity index (χ0v) is 19.0. The molecule has 9 heteroatoms. The van der Waals surface area contributed by atoms with E-state index >= 15 is 0 Å². The summed E-state index contributed by atoms with van der Waals surface area (Å²) in [6.45, 7) is 5.65. The van der Waals surface area contributed by atoms with Gasteiger partial charge in [-0.25, -0.2) is 8.42 Å². The minimum atomic E-state index is -3.68. The third kappa shape index (κ3) is 4.41. The first kappa shape index (κ1) is 22.0. The number of sulfonamides is 1. The summed E-state index contributed by atoms with van der Waals surface area (Å²) in [5, 5.41) is 2.82. The summed E-state index contributed by atoms with van der Waals surface area (Å²) in [5.74, 6) is -0.429. The van der Waals surface area contributed by atoms with Crippen molar-refractivity contribution in [2.75, 3.05) is 15.9 Å². The lowest BCUT2D eigenvalue weighted by molar-refractivity contribution is -0.117. The summed E-state index contributed by atoms with van der Waals surface area (Å²) in [6, 6.07) is 13.0. The minimum absolute atomic E-state index is 0.0327. The average molecular weight is 448 g/mol. The number of nitrogens with zero attached hydrogens (tertiary/aromatic N) is 2. The maximum absolute atomic E-state index is 13.0. The summed E-state index contributed by atoms with van der Waals surface area (Å²) in [5.41, 5.74) is 1.77. The number of nitrogens with one attached hydrogen (secondary N) is 1. The van der Waals surface area contributed by atoms with Gasteiger partial charge in [0.2, 0.25) is 15.9 Å². The highest BCUT2D eigenvalue weighted by Gasteiger charge is 2.31. The number of carbonyl (C=O) groups is 1. The van der Waals surface area contributed by atoms with E-state index in [1.807, 2.05) is 13.8 Å². The molecule has 0 saturated carbocycles. The normalized spacial score (nSPS) is 12.8. The van der Waals surface area contributed by atoms with E-state index < -0.39 is 22.0 Å². The van der Waals surface area contributed by atoms with Crippen LogP contribution in [-0.4, -0.2) is 31.2 Å². The number of hydrogen-bond donors (Lipinski definition) is 1. The number of hydrogen-bond acceptors (Lipinski definition) is 5. The topological polar surface area (TPSA) is 88.5 Å². The average Bonchev–Trinajstić information content (AvgIpc) is 3.00. The molecule has 30 heavy (non-hydrogen) atoms. The van der Waals surface area contributed by atoms with Gasteiger partial charge in [-0.3, -0.25) is 18.5 Å². The van der Waals surface area contributed by atoms with E-state index in [4.69, 9.17) is 0 Å². The van der Waals surface area contributed by atoms with E-state index in [1.165, 1.54) is 0 Å². The molecule has 0 spiro atoms. The van der Waals surface area contributed by atoms with Crippen molar-refractivity contribution >= 4 is 48.9 Å². The highest BCUT2D eigenvalue weighted by atomic mass is 32.2. The summed E-state index contributed by atoms with van der Waals surface area (Å²) < 4.78 is 28.6. The lowest BCUT2D eigenvalue weighted by atomic mass is 10.1. The molecule has 0 saturated heterocycles. The molecule has 3 aromatic rings. The van der Waals surface area contributed by atoms with Gasteiger partial charge in [-0.2, -0.15) is 0 Å². The van der Waals surface area contributed by atoms with E-state index in [-0.39, 0.29) is 10.9 Å². The number of aromatic nitrogens is 1. The Labute approximate surface area is 180 Å². The van der Waals surface area contributed by atoms with Crippen molar-refractivity contribution in [1.29, 1.82) is 0 Å². The molecule has 1 aromatic heterocycles. The SMILES string of the molecule is CC[C@H](C(=O)Nc1ccc2c(c1)sc(=O)n2C(C)C)N(c1ccccc1)S(C)(=O)=O. The maximum atomic E-state index is 13.0. The van der Waals surface area contributed by atoms with Gasteiger partial charge in [-0.1, -0.05) is 36.5 Å². The van der Waals surface area contributed by atoms with Crippen LogP contribution in [-0.2, 0) is 14.8 Å². The molecule has 0 fully saturated rings. The fraction of sp³-hybridized carbons (Fsp3) is 0.333. The quantitative estimate of drug-likeness (QED) is 0.596. The van der Waals surface area contributed by atoms with E-state index in [2.05, 4.69) is 5.32 Å². The van der Waals surface area contributed by atoms with Gasteiger partial charge in [0.25, 0.3) is 0 Å². The molecule has 1 N–H and O–H groups in total. The monoisotopic (exact) mass is 447 g/mol. The molecule has 0 radical (unpaired) electrons. The molecule has 0 bridgehead atoms. The van der Waals surface area contributed by atoms with Crippen molar-refractivity contribution in [1.82, 2.24) is 4.57 Å². The minimum Gasteiger partial charge on any atom is -0.324 e.